The molecule has 0 saturated heterocycles. The number of aliphatic hydroxyl groups is 2. The van der Waals surface area contributed by atoms with Crippen LogP contribution in [0.4, 0.5) is 9.59 Å². The molecule has 1 saturated carbocycles. The fraction of sp³-hybridized carbons (Fsp3) is 0.452. The number of unbranched alkanes of at least 4 members (excludes halogenated alkanes) is 1. The summed E-state index contributed by atoms with van der Waals surface area (Å²) in [6, 6.07) is 19.8. The van der Waals surface area contributed by atoms with Crippen LogP contribution in [0, 0.1) is 12.8 Å². The second-order valence-electron chi connectivity index (χ2n) is 14.2. The van der Waals surface area contributed by atoms with Crippen LogP contribution < -0.4 is 19.5 Å². The smallest absolute Gasteiger partial charge is 0.497 e. The quantitative estimate of drug-likeness (QED) is 0.0379. The van der Waals surface area contributed by atoms with E-state index in [0.29, 0.717) is 71.2 Å². The van der Waals surface area contributed by atoms with Crippen LogP contribution in [0.2, 0.25) is 0 Å². The third-order valence-electron chi connectivity index (χ3n) is 9.86. The minimum Gasteiger partial charge on any atom is -0.497 e. The Bertz CT molecular complexity index is 1860. The molecular formula is C42H51NO12S2. The van der Waals surface area contributed by atoms with E-state index in [-0.39, 0.29) is 24.6 Å². The van der Waals surface area contributed by atoms with Gasteiger partial charge >= 0.3 is 18.2 Å². The number of benzene rings is 3. The van der Waals surface area contributed by atoms with Gasteiger partial charge in [0.1, 0.15) is 43.2 Å². The predicted molar refractivity (Wildman–Crippen MR) is 217 cm³/mol. The van der Waals surface area contributed by atoms with Gasteiger partial charge in [0.05, 0.1) is 31.5 Å². The van der Waals surface area contributed by atoms with E-state index in [1.165, 1.54) is 34.8 Å². The number of alkyl carbamates (subject to hydrolysis) is 1. The largest absolute Gasteiger partial charge is 0.508 e. The summed E-state index contributed by atoms with van der Waals surface area (Å²) in [5.41, 5.74) is -1.51. The van der Waals surface area contributed by atoms with E-state index in [9.17, 15) is 24.6 Å². The SMILES string of the molecule is C=CCOC(=O)OCCSSC(C)(C)COC(=O)NCCCCOc1cc(C)c2c(c1)O[C@]1(c3ccc(OC)cc3)[C@@H](c3ccccc3)[C@H](C(=O)OC)[C@H](O)[C@]21O. The molecule has 1 aliphatic heterocycles. The number of carbonyl (C=O) groups is 3. The van der Waals surface area contributed by atoms with Crippen molar-refractivity contribution in [1.82, 2.24) is 5.32 Å². The van der Waals surface area contributed by atoms with E-state index < -0.39 is 47.4 Å². The van der Waals surface area contributed by atoms with Crippen LogP contribution in [0.3, 0.4) is 0 Å². The maximum Gasteiger partial charge on any atom is 0.508 e. The lowest BCUT2D eigenvalue weighted by Gasteiger charge is -2.41. The first-order chi connectivity index (χ1) is 27.3. The van der Waals surface area contributed by atoms with Crippen molar-refractivity contribution in [3.05, 3.63) is 102 Å². The lowest BCUT2D eigenvalue weighted by Crippen LogP contribution is -2.52. The van der Waals surface area contributed by atoms with Gasteiger partial charge in [-0.25, -0.2) is 9.59 Å². The Morgan fingerprint density at radius 1 is 0.982 bits per heavy atom. The van der Waals surface area contributed by atoms with E-state index in [2.05, 4.69) is 11.9 Å². The van der Waals surface area contributed by atoms with E-state index >= 15 is 0 Å². The molecule has 1 amide bonds. The van der Waals surface area contributed by atoms with Crippen molar-refractivity contribution < 1.29 is 57.8 Å². The molecule has 1 fully saturated rings. The van der Waals surface area contributed by atoms with Crippen molar-refractivity contribution in [3.8, 4) is 17.2 Å². The maximum absolute atomic E-state index is 13.5. The van der Waals surface area contributed by atoms with Gasteiger partial charge in [-0.15, -0.1) is 0 Å². The Balaban J connectivity index is 1.19. The lowest BCUT2D eigenvalue weighted by molar-refractivity contribution is -0.161. The first-order valence-electron chi connectivity index (χ1n) is 18.6. The van der Waals surface area contributed by atoms with Crippen molar-refractivity contribution in [2.75, 3.05) is 52.9 Å². The number of esters is 1. The van der Waals surface area contributed by atoms with Crippen LogP contribution in [-0.4, -0.2) is 92.2 Å². The topological polar surface area (TPSA) is 168 Å². The van der Waals surface area contributed by atoms with Crippen LogP contribution in [0.5, 0.6) is 17.2 Å². The van der Waals surface area contributed by atoms with Gasteiger partial charge in [-0.05, 0) is 68.5 Å². The zero-order valence-corrected chi connectivity index (χ0v) is 34.5. The molecule has 0 unspecified atom stereocenters. The van der Waals surface area contributed by atoms with Gasteiger partial charge in [0.25, 0.3) is 0 Å². The van der Waals surface area contributed by atoms with Gasteiger partial charge in [0.2, 0.25) is 0 Å². The van der Waals surface area contributed by atoms with Crippen LogP contribution in [-0.2, 0) is 34.9 Å². The third kappa shape index (κ3) is 9.43. The number of hydrogen-bond donors (Lipinski definition) is 3. The highest BCUT2D eigenvalue weighted by atomic mass is 33.1. The standard InChI is InChI=1S/C42H51NO12S2/c1-7-20-52-39(47)53-22-23-56-57-40(3,4)26-54-38(46)43-19-11-12-21-51-31-24-27(2)34-32(25-31)55-42(29-15-17-30(49-5)18-16-29)35(28-13-9-8-10-14-28)33(37(45)50-6)36(44)41(34,42)48/h7-10,13-18,24-25,33,35-36,44,48H,1,11-12,19-23,26H2,2-6H3,(H,43,46)/t33-,35-,36-,41+,42+/m0/s1. The second-order valence-corrected chi connectivity index (χ2v) is 17.4. The Morgan fingerprint density at radius 3 is 2.40 bits per heavy atom. The fourth-order valence-electron chi connectivity index (χ4n) is 7.43. The average molecular weight is 826 g/mol. The number of rotatable bonds is 19. The first kappa shape index (κ1) is 43.6. The molecule has 0 radical (unpaired) electrons. The second kappa shape index (κ2) is 19.2. The lowest BCUT2D eigenvalue weighted by atomic mass is 9.70. The Labute approximate surface area is 341 Å². The van der Waals surface area contributed by atoms with E-state index in [4.69, 9.17) is 33.2 Å². The van der Waals surface area contributed by atoms with Crippen molar-refractivity contribution >= 4 is 39.8 Å². The molecule has 1 heterocycles. The highest BCUT2D eigenvalue weighted by molar-refractivity contribution is 8.77. The number of ether oxygens (including phenoxy) is 7. The van der Waals surface area contributed by atoms with Gasteiger partial charge in [0.15, 0.2) is 11.2 Å². The number of aliphatic hydroxyl groups excluding tert-OH is 1. The Morgan fingerprint density at radius 2 is 1.72 bits per heavy atom. The van der Waals surface area contributed by atoms with Crippen molar-refractivity contribution in [1.29, 1.82) is 0 Å². The maximum atomic E-state index is 13.5. The summed E-state index contributed by atoms with van der Waals surface area (Å²) >= 11 is 0. The average Bonchev–Trinajstić information content (AvgIpc) is 3.59. The molecule has 1 aliphatic carbocycles. The molecule has 5 rings (SSSR count). The number of hydrogen-bond acceptors (Lipinski definition) is 14. The van der Waals surface area contributed by atoms with Crippen molar-refractivity contribution in [2.45, 2.75) is 61.6 Å². The van der Waals surface area contributed by atoms with E-state index in [1.54, 1.807) is 50.4 Å². The number of carbonyl (C=O) groups excluding carboxylic acids is 3. The summed E-state index contributed by atoms with van der Waals surface area (Å²) in [6.45, 7) is 10.4. The molecule has 15 heteroatoms. The summed E-state index contributed by atoms with van der Waals surface area (Å²) in [5, 5.41) is 27.8. The zero-order valence-electron chi connectivity index (χ0n) is 32.8. The van der Waals surface area contributed by atoms with Gasteiger partial charge in [-0.1, -0.05) is 76.7 Å². The molecule has 0 spiro atoms. The Kier molecular flexibility index (Phi) is 14.7. The minimum absolute atomic E-state index is 0.0957. The predicted octanol–water partition coefficient (Wildman–Crippen LogP) is 6.81. The summed E-state index contributed by atoms with van der Waals surface area (Å²) < 4.78 is 38.4. The summed E-state index contributed by atoms with van der Waals surface area (Å²) in [5.74, 6) is -0.727. The molecular weight excluding hydrogens is 775 g/mol. The van der Waals surface area contributed by atoms with E-state index in [1.807, 2.05) is 44.2 Å². The normalized spacial score (nSPS) is 22.0. The zero-order chi connectivity index (χ0) is 41.2. The van der Waals surface area contributed by atoms with Gasteiger partial charge in [0, 0.05) is 29.8 Å². The van der Waals surface area contributed by atoms with Crippen LogP contribution in [0.1, 0.15) is 54.9 Å². The molecule has 3 N–H and O–H groups in total. The fourth-order valence-corrected chi connectivity index (χ4v) is 9.64. The number of aryl methyl sites for hydroxylation is 1. The molecule has 3 aromatic carbocycles. The highest BCUT2D eigenvalue weighted by Gasteiger charge is 2.78. The Hall–Kier alpha value is -4.57. The number of nitrogens with one attached hydrogen (secondary N) is 1. The van der Waals surface area contributed by atoms with Crippen LogP contribution in [0.25, 0.3) is 0 Å². The monoisotopic (exact) mass is 825 g/mol. The third-order valence-corrected chi connectivity index (χ3v) is 13.1. The summed E-state index contributed by atoms with van der Waals surface area (Å²) in [4.78, 5) is 37.2. The molecule has 0 aromatic heterocycles. The van der Waals surface area contributed by atoms with Gasteiger partial charge < -0.3 is 48.7 Å². The number of amides is 1. The molecule has 308 valence electrons. The minimum atomic E-state index is -2.07. The van der Waals surface area contributed by atoms with Crippen molar-refractivity contribution in [2.24, 2.45) is 5.92 Å². The summed E-state index contributed by atoms with van der Waals surface area (Å²) in [6.07, 6.45) is -0.152. The van der Waals surface area contributed by atoms with Crippen LogP contribution in [0.15, 0.2) is 79.4 Å². The van der Waals surface area contributed by atoms with Gasteiger partial charge in [-0.2, -0.15) is 0 Å². The number of methoxy groups -OCH3 is 2. The molecule has 57 heavy (non-hydrogen) atoms. The van der Waals surface area contributed by atoms with Crippen molar-refractivity contribution in [3.63, 3.8) is 0 Å². The number of fused-ring (bicyclic) bond motifs is 3. The molecule has 5 atom stereocenters. The first-order valence-corrected chi connectivity index (χ1v) is 20.9. The summed E-state index contributed by atoms with van der Waals surface area (Å²) in [7, 11) is 5.84. The highest BCUT2D eigenvalue weighted by Crippen LogP contribution is 2.69. The van der Waals surface area contributed by atoms with Crippen LogP contribution >= 0.6 is 21.6 Å². The van der Waals surface area contributed by atoms with Gasteiger partial charge in [-0.3, -0.25) is 4.79 Å². The molecule has 0 bridgehead atoms. The molecule has 13 nitrogen and oxygen atoms in total. The van der Waals surface area contributed by atoms with E-state index in [0.717, 1.165) is 0 Å². The molecule has 3 aromatic rings. The molecule has 2 aliphatic rings.